The molecule has 0 aromatic carbocycles. The summed E-state index contributed by atoms with van der Waals surface area (Å²) in [5, 5.41) is 11.5. The third-order valence-electron chi connectivity index (χ3n) is 2.66. The minimum absolute atomic E-state index is 0.00981. The molecule has 3 nitrogen and oxygen atoms in total. The first-order valence-corrected chi connectivity index (χ1v) is 4.52. The molecule has 1 aliphatic heterocycles. The lowest BCUT2D eigenvalue weighted by Crippen LogP contribution is -2.36. The van der Waals surface area contributed by atoms with Gasteiger partial charge in [0.2, 0.25) is 0 Å². The Balaban J connectivity index is 2.50. The minimum atomic E-state index is -0.00981. The van der Waals surface area contributed by atoms with Crippen LogP contribution in [0.4, 0.5) is 0 Å². The van der Waals surface area contributed by atoms with E-state index in [1.807, 2.05) is 0 Å². The van der Waals surface area contributed by atoms with Gasteiger partial charge in [-0.3, -0.25) is 0 Å². The molecule has 0 aromatic heterocycles. The van der Waals surface area contributed by atoms with E-state index in [0.29, 0.717) is 5.92 Å². The maximum atomic E-state index is 8.39. The van der Waals surface area contributed by atoms with Gasteiger partial charge in [0.1, 0.15) is 0 Å². The summed E-state index contributed by atoms with van der Waals surface area (Å²) >= 11 is 0. The van der Waals surface area contributed by atoms with Gasteiger partial charge in [-0.25, -0.2) is 0 Å². The summed E-state index contributed by atoms with van der Waals surface area (Å²) in [5.74, 6) is 0.383. The fourth-order valence-corrected chi connectivity index (χ4v) is 1.64. The highest BCUT2D eigenvalue weighted by atomic mass is 16.5. The van der Waals surface area contributed by atoms with Crippen molar-refractivity contribution in [3.8, 4) is 0 Å². The van der Waals surface area contributed by atoms with Gasteiger partial charge in [0.05, 0.1) is 5.60 Å². The largest absolute Gasteiger partial charge is 0.411 e. The van der Waals surface area contributed by atoms with Crippen LogP contribution >= 0.6 is 0 Å². The predicted molar refractivity (Wildman–Crippen MR) is 47.7 cm³/mol. The summed E-state index contributed by atoms with van der Waals surface area (Å²) in [5.41, 5.74) is -0.00981. The number of hydrogen-bond acceptors (Lipinski definition) is 3. The maximum Gasteiger partial charge on any atom is 0.0658 e. The van der Waals surface area contributed by atoms with E-state index in [9.17, 15) is 0 Å². The summed E-state index contributed by atoms with van der Waals surface area (Å²) in [6.07, 6.45) is 4.58. The molecule has 1 fully saturated rings. The third kappa shape index (κ3) is 2.21. The summed E-state index contributed by atoms with van der Waals surface area (Å²) in [7, 11) is 0. The van der Waals surface area contributed by atoms with Gasteiger partial charge in [0.25, 0.3) is 0 Å². The maximum absolute atomic E-state index is 8.39. The van der Waals surface area contributed by atoms with Crippen LogP contribution in [0.1, 0.15) is 33.1 Å². The molecule has 2 atom stereocenters. The molecule has 0 amide bonds. The van der Waals surface area contributed by atoms with Crippen LogP contribution in [0.15, 0.2) is 5.16 Å². The molecule has 3 heteroatoms. The molecule has 0 aliphatic carbocycles. The fourth-order valence-electron chi connectivity index (χ4n) is 1.64. The van der Waals surface area contributed by atoms with Gasteiger partial charge < -0.3 is 9.94 Å². The highest BCUT2D eigenvalue weighted by Crippen LogP contribution is 2.30. The van der Waals surface area contributed by atoms with Gasteiger partial charge in [0, 0.05) is 18.7 Å². The third-order valence-corrected chi connectivity index (χ3v) is 2.66. The van der Waals surface area contributed by atoms with Crippen LogP contribution in [0.2, 0.25) is 0 Å². The Kier molecular flexibility index (Phi) is 3.09. The van der Waals surface area contributed by atoms with Gasteiger partial charge in [-0.1, -0.05) is 6.92 Å². The lowest BCUT2D eigenvalue weighted by Gasteiger charge is -2.36. The van der Waals surface area contributed by atoms with Crippen LogP contribution in [-0.2, 0) is 4.74 Å². The molecule has 70 valence electrons. The zero-order valence-electron chi connectivity index (χ0n) is 7.79. The quantitative estimate of drug-likeness (QED) is 0.392. The van der Waals surface area contributed by atoms with Crippen molar-refractivity contribution < 1.29 is 9.94 Å². The topological polar surface area (TPSA) is 41.8 Å². The first-order valence-electron chi connectivity index (χ1n) is 4.52. The molecule has 12 heavy (non-hydrogen) atoms. The average Bonchev–Trinajstić information content (AvgIpc) is 2.05. The Morgan fingerprint density at radius 1 is 1.75 bits per heavy atom. The zero-order chi connectivity index (χ0) is 9.03. The van der Waals surface area contributed by atoms with Crippen LogP contribution in [0.5, 0.6) is 0 Å². The van der Waals surface area contributed by atoms with E-state index in [1.54, 1.807) is 6.21 Å². The Morgan fingerprint density at radius 2 is 2.50 bits per heavy atom. The van der Waals surface area contributed by atoms with E-state index in [0.717, 1.165) is 25.9 Å². The number of nitrogens with zero attached hydrogens (tertiary/aromatic N) is 1. The van der Waals surface area contributed by atoms with Crippen LogP contribution in [0.25, 0.3) is 0 Å². The van der Waals surface area contributed by atoms with Gasteiger partial charge >= 0.3 is 0 Å². The molecule has 1 heterocycles. The van der Waals surface area contributed by atoms with Crippen molar-refractivity contribution >= 4 is 6.21 Å². The monoisotopic (exact) mass is 171 g/mol. The van der Waals surface area contributed by atoms with Crippen molar-refractivity contribution in [1.82, 2.24) is 0 Å². The standard InChI is InChI=1S/C9H17NO2/c1-3-9(2)6-8(7-10-11)4-5-12-9/h7-8,11H,3-6H2,1-2H3. The molecule has 1 rings (SSSR count). The van der Waals surface area contributed by atoms with Gasteiger partial charge in [0.15, 0.2) is 0 Å². The smallest absolute Gasteiger partial charge is 0.0658 e. The Hall–Kier alpha value is -0.570. The molecule has 1 aliphatic rings. The minimum Gasteiger partial charge on any atom is -0.411 e. The fraction of sp³-hybridized carbons (Fsp3) is 0.889. The molecule has 0 spiro atoms. The van der Waals surface area contributed by atoms with Crippen molar-refractivity contribution in [2.45, 2.75) is 38.7 Å². The van der Waals surface area contributed by atoms with E-state index >= 15 is 0 Å². The number of oxime groups is 1. The lowest BCUT2D eigenvalue weighted by atomic mass is 9.86. The summed E-state index contributed by atoms with van der Waals surface area (Å²) in [6, 6.07) is 0. The van der Waals surface area contributed by atoms with Crippen LogP contribution in [-0.4, -0.2) is 23.6 Å². The van der Waals surface area contributed by atoms with Crippen molar-refractivity contribution in [2.24, 2.45) is 11.1 Å². The molecule has 0 radical (unpaired) electrons. The summed E-state index contributed by atoms with van der Waals surface area (Å²) in [4.78, 5) is 0. The highest BCUT2D eigenvalue weighted by Gasteiger charge is 2.30. The SMILES string of the molecule is CCC1(C)CC(C=NO)CCO1. The van der Waals surface area contributed by atoms with Crippen molar-refractivity contribution in [2.75, 3.05) is 6.61 Å². The summed E-state index contributed by atoms with van der Waals surface area (Å²) in [6.45, 7) is 5.02. The van der Waals surface area contributed by atoms with E-state index in [1.165, 1.54) is 0 Å². The molecular weight excluding hydrogens is 154 g/mol. The Labute approximate surface area is 73.4 Å². The van der Waals surface area contributed by atoms with Gasteiger partial charge in [-0.2, -0.15) is 0 Å². The van der Waals surface area contributed by atoms with E-state index in [4.69, 9.17) is 9.94 Å². The predicted octanol–water partition coefficient (Wildman–Crippen LogP) is 2.04. The van der Waals surface area contributed by atoms with Gasteiger partial charge in [-0.15, -0.1) is 5.16 Å². The molecule has 2 unspecified atom stereocenters. The second-order valence-electron chi connectivity index (χ2n) is 3.67. The van der Waals surface area contributed by atoms with Crippen molar-refractivity contribution in [1.29, 1.82) is 0 Å². The number of ether oxygens (including phenoxy) is 1. The first-order chi connectivity index (χ1) is 5.70. The van der Waals surface area contributed by atoms with E-state index < -0.39 is 0 Å². The second-order valence-corrected chi connectivity index (χ2v) is 3.67. The van der Waals surface area contributed by atoms with E-state index in [-0.39, 0.29) is 5.60 Å². The number of hydrogen-bond donors (Lipinski definition) is 1. The van der Waals surface area contributed by atoms with Gasteiger partial charge in [-0.05, 0) is 26.2 Å². The van der Waals surface area contributed by atoms with Crippen LogP contribution < -0.4 is 0 Å². The molecule has 1 N–H and O–H groups in total. The number of rotatable bonds is 2. The second kappa shape index (κ2) is 3.90. The molecule has 0 aromatic rings. The molecular formula is C9H17NO2. The molecule has 1 saturated heterocycles. The van der Waals surface area contributed by atoms with Crippen LogP contribution in [0.3, 0.4) is 0 Å². The average molecular weight is 171 g/mol. The Bertz CT molecular complexity index is 170. The lowest BCUT2D eigenvalue weighted by molar-refractivity contribution is -0.0764. The van der Waals surface area contributed by atoms with Crippen molar-refractivity contribution in [3.63, 3.8) is 0 Å². The summed E-state index contributed by atoms with van der Waals surface area (Å²) < 4.78 is 5.65. The van der Waals surface area contributed by atoms with E-state index in [2.05, 4.69) is 19.0 Å². The zero-order valence-corrected chi connectivity index (χ0v) is 7.79. The normalized spacial score (nSPS) is 37.3. The molecule has 0 bridgehead atoms. The molecule has 0 saturated carbocycles. The first kappa shape index (κ1) is 9.52. The van der Waals surface area contributed by atoms with Crippen LogP contribution in [0, 0.1) is 5.92 Å². The van der Waals surface area contributed by atoms with Crippen molar-refractivity contribution in [3.05, 3.63) is 0 Å². The Morgan fingerprint density at radius 3 is 3.08 bits per heavy atom. The highest BCUT2D eigenvalue weighted by molar-refractivity contribution is 5.60.